The summed E-state index contributed by atoms with van der Waals surface area (Å²) < 4.78 is 0. The molecule has 0 atom stereocenters. The summed E-state index contributed by atoms with van der Waals surface area (Å²) in [6.07, 6.45) is 26.5. The fourth-order valence-corrected chi connectivity index (χ4v) is 2.40. The highest BCUT2D eigenvalue weighted by Crippen LogP contribution is 2.10. The maximum Gasteiger partial charge on any atom is 0.169 e. The molecule has 0 saturated carbocycles. The number of unbranched alkanes of at least 4 members (excludes halogenated alkanes) is 4. The molecule has 0 aromatic rings. The number of carbonyl (C=O) groups is 1. The second-order valence-corrected chi connectivity index (χ2v) is 6.75. The molecule has 0 radical (unpaired) electrons. The van der Waals surface area contributed by atoms with Crippen molar-refractivity contribution in [2.75, 3.05) is 13.2 Å². The highest BCUT2D eigenvalue weighted by atomic mass is 16.4. The van der Waals surface area contributed by atoms with Gasteiger partial charge < -0.3 is 15.3 Å². The fourth-order valence-electron chi connectivity index (χ4n) is 2.40. The predicted octanol–water partition coefficient (Wildman–Crippen LogP) is 4.42. The second kappa shape index (κ2) is 17.9. The molecular formula is C23H38O4. The summed E-state index contributed by atoms with van der Waals surface area (Å²) in [5.74, 6) is -0.511. The van der Waals surface area contributed by atoms with Gasteiger partial charge in [-0.15, -0.1) is 0 Å². The number of carbonyl (C=O) groups excluding carboxylic acids is 1. The zero-order chi connectivity index (χ0) is 20.2. The number of rotatable bonds is 17. The molecule has 3 N–H and O–H groups in total. The Labute approximate surface area is 165 Å². The van der Waals surface area contributed by atoms with Crippen molar-refractivity contribution in [2.45, 2.75) is 76.7 Å². The van der Waals surface area contributed by atoms with Crippen LogP contribution in [0, 0.1) is 0 Å². The summed E-state index contributed by atoms with van der Waals surface area (Å²) in [5, 5.41) is 27.5. The van der Waals surface area contributed by atoms with E-state index in [2.05, 4.69) is 43.4 Å². The Bertz CT molecular complexity index is 471. The van der Waals surface area contributed by atoms with Crippen molar-refractivity contribution in [1.29, 1.82) is 0 Å². The van der Waals surface area contributed by atoms with Crippen molar-refractivity contribution in [3.63, 3.8) is 0 Å². The monoisotopic (exact) mass is 378 g/mol. The average molecular weight is 379 g/mol. The third kappa shape index (κ3) is 14.3. The lowest BCUT2D eigenvalue weighted by atomic mass is 9.96. The molecule has 0 unspecified atom stereocenters. The van der Waals surface area contributed by atoms with Crippen LogP contribution < -0.4 is 0 Å². The van der Waals surface area contributed by atoms with Crippen LogP contribution in [0.3, 0.4) is 0 Å². The van der Waals surface area contributed by atoms with Crippen molar-refractivity contribution in [3.05, 3.63) is 48.6 Å². The van der Waals surface area contributed by atoms with E-state index in [0.717, 1.165) is 25.7 Å². The van der Waals surface area contributed by atoms with Crippen molar-refractivity contribution in [3.8, 4) is 0 Å². The molecule has 154 valence electrons. The molecule has 0 fully saturated rings. The number of hydrogen-bond acceptors (Lipinski definition) is 4. The first kappa shape index (κ1) is 25.5. The van der Waals surface area contributed by atoms with Crippen LogP contribution in [-0.4, -0.2) is 39.9 Å². The van der Waals surface area contributed by atoms with E-state index in [-0.39, 0.29) is 6.42 Å². The summed E-state index contributed by atoms with van der Waals surface area (Å²) in [6.45, 7) is 0.734. The molecule has 4 heteroatoms. The highest BCUT2D eigenvalue weighted by Gasteiger charge is 2.33. The van der Waals surface area contributed by atoms with Crippen LogP contribution in [0.25, 0.3) is 0 Å². The van der Waals surface area contributed by atoms with Gasteiger partial charge in [-0.05, 0) is 44.9 Å². The van der Waals surface area contributed by atoms with Gasteiger partial charge in [-0.1, -0.05) is 68.4 Å². The summed E-state index contributed by atoms with van der Waals surface area (Å²) in [6, 6.07) is 0. The molecule has 0 aliphatic heterocycles. The standard InChI is InChI=1S/C23H38O4/c1-2-3-4-5-6-7-8-9-10-11-12-13-14-15-16-17-18-19-22(26)23(27,20-24)21-25/h6-7,9-10,12-13,15-16,24-25,27H,2-5,8,11,14,17-21H2,1H3. The Morgan fingerprint density at radius 2 is 1.19 bits per heavy atom. The number of hydrogen-bond donors (Lipinski definition) is 3. The first-order valence-corrected chi connectivity index (χ1v) is 10.2. The first-order chi connectivity index (χ1) is 13.1. The third-order valence-corrected chi connectivity index (χ3v) is 4.27. The molecule has 0 heterocycles. The summed E-state index contributed by atoms with van der Waals surface area (Å²) in [5.41, 5.74) is -2.00. The Kier molecular flexibility index (Phi) is 16.9. The van der Waals surface area contributed by atoms with Crippen LogP contribution in [0.1, 0.15) is 71.1 Å². The van der Waals surface area contributed by atoms with Crippen LogP contribution in [0.4, 0.5) is 0 Å². The fraction of sp³-hybridized carbons (Fsp3) is 0.609. The smallest absolute Gasteiger partial charge is 0.169 e. The lowest BCUT2D eigenvalue weighted by Crippen LogP contribution is -2.45. The number of allylic oxidation sites excluding steroid dienone is 8. The topological polar surface area (TPSA) is 77.8 Å². The van der Waals surface area contributed by atoms with E-state index in [9.17, 15) is 9.90 Å². The van der Waals surface area contributed by atoms with E-state index >= 15 is 0 Å². The Morgan fingerprint density at radius 3 is 1.63 bits per heavy atom. The van der Waals surface area contributed by atoms with Gasteiger partial charge >= 0.3 is 0 Å². The predicted molar refractivity (Wildman–Crippen MR) is 113 cm³/mol. The van der Waals surface area contributed by atoms with Gasteiger partial charge in [0, 0.05) is 6.42 Å². The van der Waals surface area contributed by atoms with Gasteiger partial charge in [0.15, 0.2) is 11.4 Å². The van der Waals surface area contributed by atoms with Gasteiger partial charge in [0.25, 0.3) is 0 Å². The zero-order valence-corrected chi connectivity index (χ0v) is 16.9. The van der Waals surface area contributed by atoms with Crippen LogP contribution in [0.2, 0.25) is 0 Å². The second-order valence-electron chi connectivity index (χ2n) is 6.75. The largest absolute Gasteiger partial charge is 0.393 e. The summed E-state index contributed by atoms with van der Waals surface area (Å²) in [7, 11) is 0. The van der Waals surface area contributed by atoms with Crippen molar-refractivity contribution in [2.24, 2.45) is 0 Å². The maximum absolute atomic E-state index is 11.7. The quantitative estimate of drug-likeness (QED) is 0.259. The minimum absolute atomic E-state index is 0.148. The Hall–Kier alpha value is -1.49. The molecular weight excluding hydrogens is 340 g/mol. The SMILES string of the molecule is CCCCCC=CCC=CCC=CCC=CCCCC(=O)C(O)(CO)CO. The van der Waals surface area contributed by atoms with Gasteiger partial charge in [-0.2, -0.15) is 0 Å². The molecule has 4 nitrogen and oxygen atoms in total. The van der Waals surface area contributed by atoms with E-state index in [1.165, 1.54) is 25.7 Å². The molecule has 0 amide bonds. The number of aliphatic hydroxyl groups excluding tert-OH is 2. The molecule has 0 rings (SSSR count). The van der Waals surface area contributed by atoms with Gasteiger partial charge in [0.2, 0.25) is 0 Å². The molecule has 0 aliphatic rings. The van der Waals surface area contributed by atoms with E-state index in [1.807, 2.05) is 12.2 Å². The van der Waals surface area contributed by atoms with Crippen molar-refractivity contribution >= 4 is 5.78 Å². The number of Topliss-reactive ketones (excluding diaryl/α,β-unsaturated/α-hetero) is 1. The van der Waals surface area contributed by atoms with E-state index in [1.54, 1.807) is 0 Å². The lowest BCUT2D eigenvalue weighted by Gasteiger charge is -2.21. The Balaban J connectivity index is 3.66. The van der Waals surface area contributed by atoms with Crippen LogP contribution >= 0.6 is 0 Å². The molecule has 0 aromatic heterocycles. The van der Waals surface area contributed by atoms with Crippen molar-refractivity contribution in [1.82, 2.24) is 0 Å². The van der Waals surface area contributed by atoms with Crippen LogP contribution in [-0.2, 0) is 4.79 Å². The van der Waals surface area contributed by atoms with Gasteiger partial charge in [0.1, 0.15) is 0 Å². The number of ketones is 1. The van der Waals surface area contributed by atoms with Gasteiger partial charge in [-0.3, -0.25) is 4.79 Å². The third-order valence-electron chi connectivity index (χ3n) is 4.27. The van der Waals surface area contributed by atoms with E-state index < -0.39 is 24.6 Å². The normalized spacial score (nSPS) is 13.0. The molecule has 27 heavy (non-hydrogen) atoms. The molecule has 0 saturated heterocycles. The van der Waals surface area contributed by atoms with Crippen molar-refractivity contribution < 1.29 is 20.1 Å². The van der Waals surface area contributed by atoms with Gasteiger partial charge in [-0.25, -0.2) is 0 Å². The lowest BCUT2D eigenvalue weighted by molar-refractivity contribution is -0.146. The van der Waals surface area contributed by atoms with Gasteiger partial charge in [0.05, 0.1) is 13.2 Å². The molecule has 0 bridgehead atoms. The average Bonchev–Trinajstić information content (AvgIpc) is 2.69. The number of aliphatic hydroxyl groups is 3. The maximum atomic E-state index is 11.7. The summed E-state index contributed by atoms with van der Waals surface area (Å²) >= 11 is 0. The van der Waals surface area contributed by atoms with E-state index in [0.29, 0.717) is 6.42 Å². The minimum Gasteiger partial charge on any atom is -0.393 e. The minimum atomic E-state index is -2.00. The molecule has 0 aromatic carbocycles. The molecule has 0 spiro atoms. The Morgan fingerprint density at radius 1 is 0.741 bits per heavy atom. The highest BCUT2D eigenvalue weighted by molar-refractivity contribution is 5.87. The van der Waals surface area contributed by atoms with E-state index in [4.69, 9.17) is 10.2 Å². The molecule has 0 aliphatic carbocycles. The zero-order valence-electron chi connectivity index (χ0n) is 16.9. The van der Waals surface area contributed by atoms with Crippen LogP contribution in [0.5, 0.6) is 0 Å². The van der Waals surface area contributed by atoms with Crippen LogP contribution in [0.15, 0.2) is 48.6 Å². The summed E-state index contributed by atoms with van der Waals surface area (Å²) in [4.78, 5) is 11.7. The first-order valence-electron chi connectivity index (χ1n) is 10.2.